The van der Waals surface area contributed by atoms with Crippen LogP contribution in [-0.4, -0.2) is 16.9 Å². The highest BCUT2D eigenvalue weighted by Gasteiger charge is 2.23. The number of pyridine rings is 1. The summed E-state index contributed by atoms with van der Waals surface area (Å²) in [6, 6.07) is 1.74. The lowest BCUT2D eigenvalue weighted by Gasteiger charge is -2.23. The maximum absolute atomic E-state index is 12.3. The molecule has 1 aromatic rings. The van der Waals surface area contributed by atoms with Crippen molar-refractivity contribution in [2.24, 2.45) is 5.92 Å². The molecule has 3 N–H and O–H groups in total. The highest BCUT2D eigenvalue weighted by molar-refractivity contribution is 6.29. The first kappa shape index (κ1) is 14.1. The molecule has 1 saturated carbocycles. The molecule has 4 nitrogen and oxygen atoms in total. The van der Waals surface area contributed by atoms with Crippen molar-refractivity contribution in [3.8, 4) is 0 Å². The Kier molecular flexibility index (Phi) is 4.64. The molecule has 1 aliphatic carbocycles. The number of carbonyl (C=O) groups excluding carboxylic acids is 1. The fourth-order valence-electron chi connectivity index (χ4n) is 2.59. The molecule has 0 aliphatic heterocycles. The highest BCUT2D eigenvalue weighted by atomic mass is 35.5. The number of hydrogen-bond donors (Lipinski definition) is 2. The van der Waals surface area contributed by atoms with Crippen LogP contribution in [0.3, 0.4) is 0 Å². The van der Waals surface area contributed by atoms with Crippen molar-refractivity contribution in [3.63, 3.8) is 0 Å². The lowest BCUT2D eigenvalue weighted by atomic mass is 9.96. The summed E-state index contributed by atoms with van der Waals surface area (Å²) in [5.74, 6) is 0.352. The lowest BCUT2D eigenvalue weighted by molar-refractivity contribution is 0.0922. The van der Waals surface area contributed by atoms with E-state index in [0.29, 0.717) is 17.2 Å². The van der Waals surface area contributed by atoms with Crippen LogP contribution in [0.2, 0.25) is 5.15 Å². The van der Waals surface area contributed by atoms with E-state index in [1.165, 1.54) is 31.5 Å². The summed E-state index contributed by atoms with van der Waals surface area (Å²) in [6.07, 6.45) is 7.29. The topological polar surface area (TPSA) is 68.0 Å². The summed E-state index contributed by atoms with van der Waals surface area (Å²) >= 11 is 5.81. The molecule has 0 spiro atoms. The van der Waals surface area contributed by atoms with Crippen molar-refractivity contribution in [3.05, 3.63) is 23.0 Å². The van der Waals surface area contributed by atoms with Gasteiger partial charge in [-0.25, -0.2) is 4.98 Å². The zero-order valence-electron chi connectivity index (χ0n) is 11.2. The van der Waals surface area contributed by atoms with Crippen LogP contribution in [0.15, 0.2) is 12.3 Å². The van der Waals surface area contributed by atoms with Gasteiger partial charge in [0, 0.05) is 6.04 Å². The van der Waals surface area contributed by atoms with Crippen molar-refractivity contribution in [1.82, 2.24) is 10.3 Å². The Morgan fingerprint density at radius 1 is 1.42 bits per heavy atom. The normalized spacial score (nSPS) is 23.7. The number of nitrogens with two attached hydrogens (primary N) is 1. The van der Waals surface area contributed by atoms with E-state index >= 15 is 0 Å². The Morgan fingerprint density at radius 2 is 2.16 bits per heavy atom. The van der Waals surface area contributed by atoms with Gasteiger partial charge >= 0.3 is 0 Å². The van der Waals surface area contributed by atoms with Crippen molar-refractivity contribution in [1.29, 1.82) is 0 Å². The van der Waals surface area contributed by atoms with Gasteiger partial charge in [-0.15, -0.1) is 0 Å². The zero-order valence-corrected chi connectivity index (χ0v) is 11.9. The SMILES string of the molecule is CC1CCCCCC1NC(=O)c1cc(Cl)ncc1N. The maximum Gasteiger partial charge on any atom is 0.253 e. The molecule has 2 rings (SSSR count). The van der Waals surface area contributed by atoms with Gasteiger partial charge in [-0.1, -0.05) is 37.8 Å². The predicted molar refractivity (Wildman–Crippen MR) is 77.2 cm³/mol. The van der Waals surface area contributed by atoms with Crippen molar-refractivity contribution >= 4 is 23.2 Å². The minimum atomic E-state index is -0.152. The second kappa shape index (κ2) is 6.24. The Hall–Kier alpha value is -1.29. The predicted octanol–water partition coefficient (Wildman–Crippen LogP) is 3.02. The van der Waals surface area contributed by atoms with Gasteiger partial charge in [0.05, 0.1) is 17.4 Å². The van der Waals surface area contributed by atoms with Gasteiger partial charge in [0.25, 0.3) is 5.91 Å². The van der Waals surface area contributed by atoms with Crippen LogP contribution in [0, 0.1) is 5.92 Å². The first-order valence-corrected chi connectivity index (χ1v) is 7.17. The molecule has 0 aromatic carbocycles. The Balaban J connectivity index is 2.09. The van der Waals surface area contributed by atoms with E-state index in [9.17, 15) is 4.79 Å². The van der Waals surface area contributed by atoms with Crippen LogP contribution in [-0.2, 0) is 0 Å². The van der Waals surface area contributed by atoms with Gasteiger partial charge in [0.2, 0.25) is 0 Å². The highest BCUT2D eigenvalue weighted by Crippen LogP contribution is 2.24. The van der Waals surface area contributed by atoms with Crippen LogP contribution in [0.25, 0.3) is 0 Å². The van der Waals surface area contributed by atoms with Crippen molar-refractivity contribution in [2.45, 2.75) is 45.1 Å². The van der Waals surface area contributed by atoms with Gasteiger partial charge in [0.15, 0.2) is 0 Å². The second-order valence-corrected chi connectivity index (χ2v) is 5.68. The summed E-state index contributed by atoms with van der Waals surface area (Å²) in [6.45, 7) is 2.19. The fraction of sp³-hybridized carbons (Fsp3) is 0.571. The molecule has 0 radical (unpaired) electrons. The summed E-state index contributed by atoms with van der Waals surface area (Å²) in [4.78, 5) is 16.1. The van der Waals surface area contributed by atoms with Crippen molar-refractivity contribution in [2.75, 3.05) is 5.73 Å². The molecule has 1 aromatic heterocycles. The monoisotopic (exact) mass is 281 g/mol. The summed E-state index contributed by atoms with van der Waals surface area (Å²) in [5.41, 5.74) is 6.56. The number of nitrogen functional groups attached to an aromatic ring is 1. The molecule has 104 valence electrons. The third-order valence-electron chi connectivity index (χ3n) is 3.82. The molecule has 1 amide bonds. The van der Waals surface area contributed by atoms with Gasteiger partial charge in [-0.3, -0.25) is 4.79 Å². The Labute approximate surface area is 118 Å². The molecular weight excluding hydrogens is 262 g/mol. The van der Waals surface area contributed by atoms with Crippen LogP contribution in [0.5, 0.6) is 0 Å². The first-order valence-electron chi connectivity index (χ1n) is 6.80. The minimum Gasteiger partial charge on any atom is -0.397 e. The number of nitrogens with one attached hydrogen (secondary N) is 1. The van der Waals surface area contributed by atoms with E-state index in [0.717, 1.165) is 12.8 Å². The second-order valence-electron chi connectivity index (χ2n) is 5.29. The minimum absolute atomic E-state index is 0.152. The van der Waals surface area contributed by atoms with E-state index in [2.05, 4.69) is 17.2 Å². The summed E-state index contributed by atoms with van der Waals surface area (Å²) in [5, 5.41) is 3.37. The summed E-state index contributed by atoms with van der Waals surface area (Å²) in [7, 11) is 0. The van der Waals surface area contributed by atoms with Gasteiger partial charge in [-0.2, -0.15) is 0 Å². The molecule has 2 unspecified atom stereocenters. The number of amides is 1. The van der Waals surface area contributed by atoms with Crippen LogP contribution < -0.4 is 11.1 Å². The molecular formula is C14H20ClN3O. The van der Waals surface area contributed by atoms with E-state index in [4.69, 9.17) is 17.3 Å². The van der Waals surface area contributed by atoms with E-state index in [1.54, 1.807) is 0 Å². The number of carbonyl (C=O) groups is 1. The molecule has 5 heteroatoms. The number of anilines is 1. The molecule has 1 heterocycles. The van der Waals surface area contributed by atoms with Crippen LogP contribution in [0.1, 0.15) is 49.4 Å². The average Bonchev–Trinajstić information content (AvgIpc) is 2.58. The number of nitrogens with zero attached hydrogens (tertiary/aromatic N) is 1. The zero-order chi connectivity index (χ0) is 13.8. The van der Waals surface area contributed by atoms with Crippen LogP contribution in [0.4, 0.5) is 5.69 Å². The number of hydrogen-bond acceptors (Lipinski definition) is 3. The molecule has 0 saturated heterocycles. The molecule has 1 aliphatic rings. The number of aromatic nitrogens is 1. The molecule has 2 atom stereocenters. The summed E-state index contributed by atoms with van der Waals surface area (Å²) < 4.78 is 0. The molecule has 0 bridgehead atoms. The standard InChI is InChI=1S/C14H20ClN3O/c1-9-5-3-2-4-6-12(9)18-14(19)10-7-13(15)17-8-11(10)16/h7-9,12H,2-6,16H2,1H3,(H,18,19). The largest absolute Gasteiger partial charge is 0.397 e. The van der Waals surface area contributed by atoms with Gasteiger partial charge in [0.1, 0.15) is 5.15 Å². The maximum atomic E-state index is 12.3. The number of rotatable bonds is 2. The third-order valence-corrected chi connectivity index (χ3v) is 4.03. The van der Waals surface area contributed by atoms with E-state index in [1.807, 2.05) is 0 Å². The Morgan fingerprint density at radius 3 is 2.95 bits per heavy atom. The smallest absolute Gasteiger partial charge is 0.253 e. The van der Waals surface area contributed by atoms with Gasteiger partial charge < -0.3 is 11.1 Å². The Bertz CT molecular complexity index is 464. The van der Waals surface area contributed by atoms with Gasteiger partial charge in [-0.05, 0) is 24.8 Å². The van der Waals surface area contributed by atoms with Crippen molar-refractivity contribution < 1.29 is 4.79 Å². The van der Waals surface area contributed by atoms with E-state index < -0.39 is 0 Å². The van der Waals surface area contributed by atoms with Crippen LogP contribution >= 0.6 is 11.6 Å². The average molecular weight is 282 g/mol. The van der Waals surface area contributed by atoms with E-state index in [-0.39, 0.29) is 17.1 Å². The molecule has 1 fully saturated rings. The molecule has 19 heavy (non-hydrogen) atoms. The lowest BCUT2D eigenvalue weighted by Crippen LogP contribution is -2.39. The quantitative estimate of drug-likeness (QED) is 0.647. The number of halogens is 1. The first-order chi connectivity index (χ1) is 9.08. The fourth-order valence-corrected chi connectivity index (χ4v) is 2.75. The third kappa shape index (κ3) is 3.60.